The Kier molecular flexibility index (Phi) is 5.22. The molecule has 0 bridgehead atoms. The number of hydrogen-bond acceptors (Lipinski definition) is 2. The summed E-state index contributed by atoms with van der Waals surface area (Å²) >= 11 is 0. The SMILES string of the molecule is CCCNCC(Cc1ccoc1)c1ccccc1C. The van der Waals surface area contributed by atoms with Crippen LogP contribution in [0.1, 0.15) is 36.0 Å². The minimum Gasteiger partial charge on any atom is -0.472 e. The number of rotatable bonds is 7. The summed E-state index contributed by atoms with van der Waals surface area (Å²) in [6.45, 7) is 6.49. The first-order chi connectivity index (χ1) is 9.31. The largest absolute Gasteiger partial charge is 0.472 e. The highest BCUT2D eigenvalue weighted by Gasteiger charge is 2.14. The maximum Gasteiger partial charge on any atom is 0.0934 e. The second-order valence-corrected chi connectivity index (χ2v) is 5.09. The van der Waals surface area contributed by atoms with E-state index in [1.54, 1.807) is 6.26 Å². The number of benzene rings is 1. The fourth-order valence-electron chi connectivity index (χ4n) is 2.48. The Morgan fingerprint density at radius 3 is 2.74 bits per heavy atom. The van der Waals surface area contributed by atoms with Gasteiger partial charge in [-0.1, -0.05) is 31.2 Å². The van der Waals surface area contributed by atoms with Crippen molar-refractivity contribution < 1.29 is 4.42 Å². The van der Waals surface area contributed by atoms with Crippen LogP contribution in [0.3, 0.4) is 0 Å². The molecule has 0 aliphatic carbocycles. The molecule has 0 radical (unpaired) electrons. The monoisotopic (exact) mass is 257 g/mol. The van der Waals surface area contributed by atoms with Crippen LogP contribution in [0.15, 0.2) is 47.3 Å². The summed E-state index contributed by atoms with van der Waals surface area (Å²) in [5.41, 5.74) is 4.08. The molecule has 2 rings (SSSR count). The average Bonchev–Trinajstić information content (AvgIpc) is 2.91. The highest BCUT2D eigenvalue weighted by atomic mass is 16.3. The first-order valence-corrected chi connectivity index (χ1v) is 7.08. The summed E-state index contributed by atoms with van der Waals surface area (Å²) in [5, 5.41) is 3.54. The Morgan fingerprint density at radius 1 is 1.21 bits per heavy atom. The van der Waals surface area contributed by atoms with Gasteiger partial charge in [-0.15, -0.1) is 0 Å². The average molecular weight is 257 g/mol. The normalized spacial score (nSPS) is 12.5. The smallest absolute Gasteiger partial charge is 0.0934 e. The Bertz CT molecular complexity index is 476. The van der Waals surface area contributed by atoms with E-state index in [1.165, 1.54) is 23.1 Å². The lowest BCUT2D eigenvalue weighted by atomic mass is 9.90. The van der Waals surface area contributed by atoms with Gasteiger partial charge in [-0.05, 0) is 49.1 Å². The Morgan fingerprint density at radius 2 is 2.05 bits per heavy atom. The zero-order valence-electron chi connectivity index (χ0n) is 11.9. The van der Waals surface area contributed by atoms with Gasteiger partial charge in [-0.25, -0.2) is 0 Å². The highest BCUT2D eigenvalue weighted by Crippen LogP contribution is 2.23. The maximum absolute atomic E-state index is 5.19. The quantitative estimate of drug-likeness (QED) is 0.761. The van der Waals surface area contributed by atoms with Gasteiger partial charge in [0.15, 0.2) is 0 Å². The zero-order chi connectivity index (χ0) is 13.5. The van der Waals surface area contributed by atoms with Gasteiger partial charge in [0, 0.05) is 12.5 Å². The van der Waals surface area contributed by atoms with Crippen molar-refractivity contribution in [2.24, 2.45) is 0 Å². The summed E-state index contributed by atoms with van der Waals surface area (Å²) < 4.78 is 5.19. The molecule has 0 fully saturated rings. The van der Waals surface area contributed by atoms with Crippen molar-refractivity contribution in [2.45, 2.75) is 32.6 Å². The van der Waals surface area contributed by atoms with Gasteiger partial charge in [0.05, 0.1) is 12.5 Å². The van der Waals surface area contributed by atoms with E-state index >= 15 is 0 Å². The molecule has 2 aromatic rings. The molecule has 0 saturated carbocycles. The van der Waals surface area contributed by atoms with Gasteiger partial charge in [0.1, 0.15) is 0 Å². The van der Waals surface area contributed by atoms with Crippen LogP contribution in [0.5, 0.6) is 0 Å². The Labute approximate surface area is 115 Å². The van der Waals surface area contributed by atoms with Gasteiger partial charge in [0.2, 0.25) is 0 Å². The molecule has 1 atom stereocenters. The van der Waals surface area contributed by atoms with Crippen LogP contribution >= 0.6 is 0 Å². The van der Waals surface area contributed by atoms with E-state index in [-0.39, 0.29) is 0 Å². The standard InChI is InChI=1S/C17H23NO/c1-3-9-18-12-16(11-15-8-10-19-13-15)17-7-5-4-6-14(17)2/h4-8,10,13,16,18H,3,9,11-12H2,1-2H3. The number of furan rings is 1. The van der Waals surface area contributed by atoms with Crippen LogP contribution < -0.4 is 5.32 Å². The molecule has 19 heavy (non-hydrogen) atoms. The molecular formula is C17H23NO. The molecule has 1 aromatic heterocycles. The third kappa shape index (κ3) is 3.97. The van der Waals surface area contributed by atoms with E-state index < -0.39 is 0 Å². The molecule has 102 valence electrons. The molecular weight excluding hydrogens is 234 g/mol. The van der Waals surface area contributed by atoms with Crippen LogP contribution in [0.4, 0.5) is 0 Å². The summed E-state index contributed by atoms with van der Waals surface area (Å²) in [6, 6.07) is 10.7. The predicted octanol–water partition coefficient (Wildman–Crippen LogP) is 3.91. The summed E-state index contributed by atoms with van der Waals surface area (Å²) in [6.07, 6.45) is 5.80. The van der Waals surface area contributed by atoms with Gasteiger partial charge in [-0.2, -0.15) is 0 Å². The van der Waals surface area contributed by atoms with Crippen LogP contribution in [0.2, 0.25) is 0 Å². The lowest BCUT2D eigenvalue weighted by molar-refractivity contribution is 0.550. The predicted molar refractivity (Wildman–Crippen MR) is 79.5 cm³/mol. The lowest BCUT2D eigenvalue weighted by Crippen LogP contribution is -2.24. The molecule has 0 amide bonds. The lowest BCUT2D eigenvalue weighted by Gasteiger charge is -2.19. The van der Waals surface area contributed by atoms with E-state index in [2.05, 4.69) is 49.5 Å². The molecule has 1 heterocycles. The van der Waals surface area contributed by atoms with Crippen LogP contribution in [0, 0.1) is 6.92 Å². The van der Waals surface area contributed by atoms with Gasteiger partial charge >= 0.3 is 0 Å². The first-order valence-electron chi connectivity index (χ1n) is 7.08. The van der Waals surface area contributed by atoms with Crippen molar-refractivity contribution >= 4 is 0 Å². The number of hydrogen-bond donors (Lipinski definition) is 1. The van der Waals surface area contributed by atoms with Crippen molar-refractivity contribution in [2.75, 3.05) is 13.1 Å². The second-order valence-electron chi connectivity index (χ2n) is 5.09. The molecule has 0 aliphatic heterocycles. The van der Waals surface area contributed by atoms with E-state index in [9.17, 15) is 0 Å². The molecule has 1 aromatic carbocycles. The topological polar surface area (TPSA) is 25.2 Å². The highest BCUT2D eigenvalue weighted by molar-refractivity contribution is 5.31. The van der Waals surface area contributed by atoms with Crippen LogP contribution in [-0.4, -0.2) is 13.1 Å². The van der Waals surface area contributed by atoms with Crippen molar-refractivity contribution in [1.29, 1.82) is 0 Å². The van der Waals surface area contributed by atoms with Crippen LogP contribution in [-0.2, 0) is 6.42 Å². The molecule has 1 N–H and O–H groups in total. The Balaban J connectivity index is 2.11. The van der Waals surface area contributed by atoms with E-state index in [0.717, 1.165) is 19.5 Å². The fraction of sp³-hybridized carbons (Fsp3) is 0.412. The third-order valence-electron chi connectivity index (χ3n) is 3.51. The van der Waals surface area contributed by atoms with Crippen molar-refractivity contribution in [1.82, 2.24) is 5.32 Å². The maximum atomic E-state index is 5.19. The van der Waals surface area contributed by atoms with Gasteiger partial charge < -0.3 is 9.73 Å². The molecule has 1 unspecified atom stereocenters. The number of aryl methyl sites for hydroxylation is 1. The van der Waals surface area contributed by atoms with E-state index in [0.29, 0.717) is 5.92 Å². The van der Waals surface area contributed by atoms with Crippen molar-refractivity contribution in [3.05, 3.63) is 59.5 Å². The minimum absolute atomic E-state index is 0.505. The van der Waals surface area contributed by atoms with Crippen LogP contribution in [0.25, 0.3) is 0 Å². The minimum atomic E-state index is 0.505. The van der Waals surface area contributed by atoms with Gasteiger partial charge in [0.25, 0.3) is 0 Å². The van der Waals surface area contributed by atoms with E-state index in [4.69, 9.17) is 4.42 Å². The number of nitrogens with one attached hydrogen (secondary N) is 1. The molecule has 0 saturated heterocycles. The summed E-state index contributed by atoms with van der Waals surface area (Å²) in [5.74, 6) is 0.505. The molecule has 2 nitrogen and oxygen atoms in total. The first kappa shape index (κ1) is 13.9. The zero-order valence-corrected chi connectivity index (χ0v) is 11.9. The summed E-state index contributed by atoms with van der Waals surface area (Å²) in [4.78, 5) is 0. The van der Waals surface area contributed by atoms with Gasteiger partial charge in [-0.3, -0.25) is 0 Å². The second kappa shape index (κ2) is 7.15. The van der Waals surface area contributed by atoms with E-state index in [1.807, 2.05) is 6.26 Å². The van der Waals surface area contributed by atoms with Crippen molar-refractivity contribution in [3.63, 3.8) is 0 Å². The molecule has 0 aliphatic rings. The summed E-state index contributed by atoms with van der Waals surface area (Å²) in [7, 11) is 0. The Hall–Kier alpha value is -1.54. The molecule has 0 spiro atoms. The fourth-order valence-corrected chi connectivity index (χ4v) is 2.48. The molecule has 2 heteroatoms. The van der Waals surface area contributed by atoms with Crippen molar-refractivity contribution in [3.8, 4) is 0 Å². The third-order valence-corrected chi connectivity index (χ3v) is 3.51.